The first-order valence-corrected chi connectivity index (χ1v) is 9.48. The lowest BCUT2D eigenvalue weighted by Crippen LogP contribution is -2.17. The van der Waals surface area contributed by atoms with E-state index in [1.165, 1.54) is 4.88 Å². The van der Waals surface area contributed by atoms with Crippen LogP contribution >= 0.6 is 38.6 Å². The maximum absolute atomic E-state index is 9.18. The van der Waals surface area contributed by atoms with E-state index < -0.39 is 0 Å². The lowest BCUT2D eigenvalue weighted by Gasteiger charge is -2.05. The van der Waals surface area contributed by atoms with Gasteiger partial charge in [-0.1, -0.05) is 6.07 Å². The molecule has 0 aliphatic carbocycles. The van der Waals surface area contributed by atoms with E-state index in [0.717, 1.165) is 26.0 Å². The van der Waals surface area contributed by atoms with Gasteiger partial charge in [0, 0.05) is 15.8 Å². The first kappa shape index (κ1) is 16.3. The first-order valence-electron chi connectivity index (χ1n) is 6.99. The standard InChI is InChI=1S/C15H14BrN5S2/c1-8(18)5-10-12(16)13-14(23-10)15(21-11(6-17)20-13)19-7-9-3-2-4-22-9/h2-4,8H,5,7,18H2,1H3,(H,19,20,21)/t8-/m0/s1. The van der Waals surface area contributed by atoms with E-state index in [2.05, 4.69) is 37.3 Å². The zero-order valence-corrected chi connectivity index (χ0v) is 15.6. The molecule has 3 aromatic rings. The number of thiophene rings is 2. The predicted octanol–water partition coefficient (Wildman–Crippen LogP) is 3.89. The number of nitriles is 1. The molecule has 0 radical (unpaired) electrons. The average molecular weight is 408 g/mol. The van der Waals surface area contributed by atoms with E-state index in [0.29, 0.717) is 12.4 Å². The number of aromatic nitrogens is 2. The first-order chi connectivity index (χ1) is 11.1. The van der Waals surface area contributed by atoms with Crippen LogP contribution in [0.3, 0.4) is 0 Å². The molecule has 5 nitrogen and oxygen atoms in total. The second-order valence-electron chi connectivity index (χ2n) is 5.14. The minimum absolute atomic E-state index is 0.0605. The summed E-state index contributed by atoms with van der Waals surface area (Å²) in [7, 11) is 0. The van der Waals surface area contributed by atoms with Gasteiger partial charge in [0.15, 0.2) is 0 Å². The number of hydrogen-bond acceptors (Lipinski definition) is 7. The fourth-order valence-corrected chi connectivity index (χ4v) is 4.88. The highest BCUT2D eigenvalue weighted by atomic mass is 79.9. The Morgan fingerprint density at radius 3 is 2.96 bits per heavy atom. The fraction of sp³-hybridized carbons (Fsp3) is 0.267. The summed E-state index contributed by atoms with van der Waals surface area (Å²) >= 11 is 6.89. The summed E-state index contributed by atoms with van der Waals surface area (Å²) < 4.78 is 1.86. The summed E-state index contributed by atoms with van der Waals surface area (Å²) in [6, 6.07) is 6.17. The molecule has 118 valence electrons. The molecule has 0 amide bonds. The van der Waals surface area contributed by atoms with Crippen molar-refractivity contribution in [2.75, 3.05) is 5.32 Å². The smallest absolute Gasteiger partial charge is 0.234 e. The molecule has 0 fully saturated rings. The number of fused-ring (bicyclic) bond motifs is 1. The van der Waals surface area contributed by atoms with E-state index in [1.54, 1.807) is 22.7 Å². The molecule has 0 aliphatic heterocycles. The third-order valence-corrected chi connectivity index (χ3v) is 6.36. The van der Waals surface area contributed by atoms with Crippen LogP contribution in [0, 0.1) is 11.3 Å². The molecule has 0 bridgehead atoms. The van der Waals surface area contributed by atoms with Gasteiger partial charge in [0.2, 0.25) is 5.82 Å². The Hall–Kier alpha value is -1.53. The van der Waals surface area contributed by atoms with E-state index in [9.17, 15) is 5.26 Å². The van der Waals surface area contributed by atoms with Crippen LogP contribution < -0.4 is 11.1 Å². The van der Waals surface area contributed by atoms with Crippen LogP contribution in [-0.2, 0) is 13.0 Å². The molecule has 0 saturated heterocycles. The highest BCUT2D eigenvalue weighted by Gasteiger charge is 2.18. The number of rotatable bonds is 5. The van der Waals surface area contributed by atoms with Gasteiger partial charge in [0.1, 0.15) is 17.4 Å². The van der Waals surface area contributed by atoms with Crippen molar-refractivity contribution < 1.29 is 0 Å². The third kappa shape index (κ3) is 3.53. The molecule has 0 saturated carbocycles. The minimum Gasteiger partial charge on any atom is -0.364 e. The van der Waals surface area contributed by atoms with Crippen molar-refractivity contribution in [2.24, 2.45) is 5.73 Å². The van der Waals surface area contributed by atoms with Gasteiger partial charge in [-0.25, -0.2) is 9.97 Å². The molecule has 0 aromatic carbocycles. The molecule has 23 heavy (non-hydrogen) atoms. The third-order valence-electron chi connectivity index (χ3n) is 3.16. The van der Waals surface area contributed by atoms with Crippen molar-refractivity contribution in [1.82, 2.24) is 9.97 Å². The van der Waals surface area contributed by atoms with Crippen LogP contribution in [0.4, 0.5) is 5.82 Å². The number of nitrogens with one attached hydrogen (secondary N) is 1. The zero-order chi connectivity index (χ0) is 16.4. The van der Waals surface area contributed by atoms with Crippen molar-refractivity contribution in [3.63, 3.8) is 0 Å². The molecule has 0 aliphatic rings. The summed E-state index contributed by atoms with van der Waals surface area (Å²) in [5.74, 6) is 0.860. The van der Waals surface area contributed by atoms with Crippen LogP contribution in [-0.4, -0.2) is 16.0 Å². The molecule has 1 atom stereocenters. The van der Waals surface area contributed by atoms with E-state index in [4.69, 9.17) is 5.73 Å². The second kappa shape index (κ2) is 6.93. The molecule has 3 heterocycles. The van der Waals surface area contributed by atoms with Gasteiger partial charge in [-0.3, -0.25) is 0 Å². The fourth-order valence-electron chi connectivity index (χ4n) is 2.17. The van der Waals surface area contributed by atoms with Gasteiger partial charge in [-0.05, 0) is 40.7 Å². The van der Waals surface area contributed by atoms with Crippen LogP contribution in [0.25, 0.3) is 10.2 Å². The summed E-state index contributed by atoms with van der Waals surface area (Å²) in [4.78, 5) is 11.0. The Morgan fingerprint density at radius 1 is 1.48 bits per heavy atom. The lowest BCUT2D eigenvalue weighted by atomic mass is 10.2. The van der Waals surface area contributed by atoms with Crippen molar-refractivity contribution in [2.45, 2.75) is 25.9 Å². The number of anilines is 1. The Labute approximate surface area is 150 Å². The number of hydrogen-bond donors (Lipinski definition) is 2. The van der Waals surface area contributed by atoms with Gasteiger partial charge >= 0.3 is 0 Å². The Bertz CT molecular complexity index is 864. The maximum atomic E-state index is 9.18. The molecular weight excluding hydrogens is 394 g/mol. The topological polar surface area (TPSA) is 87.6 Å². The summed E-state index contributed by atoms with van der Waals surface area (Å²) in [5, 5.41) is 14.5. The van der Waals surface area contributed by atoms with Crippen molar-refractivity contribution in [1.29, 1.82) is 5.26 Å². The quantitative estimate of drug-likeness (QED) is 0.669. The number of nitrogens with two attached hydrogens (primary N) is 1. The van der Waals surface area contributed by atoms with Gasteiger partial charge in [-0.2, -0.15) is 5.26 Å². The van der Waals surface area contributed by atoms with E-state index in [-0.39, 0.29) is 11.9 Å². The molecule has 0 spiro atoms. The van der Waals surface area contributed by atoms with Crippen molar-refractivity contribution >= 4 is 54.6 Å². The summed E-state index contributed by atoms with van der Waals surface area (Å²) in [5.41, 5.74) is 6.68. The largest absolute Gasteiger partial charge is 0.364 e. The zero-order valence-electron chi connectivity index (χ0n) is 12.3. The molecule has 3 aromatic heterocycles. The van der Waals surface area contributed by atoms with Gasteiger partial charge in [0.25, 0.3) is 0 Å². The number of halogens is 1. The molecule has 0 unspecified atom stereocenters. The predicted molar refractivity (Wildman–Crippen MR) is 98.8 cm³/mol. The van der Waals surface area contributed by atoms with Crippen molar-refractivity contribution in [3.8, 4) is 6.07 Å². The summed E-state index contributed by atoms with van der Waals surface area (Å²) in [6.07, 6.45) is 0.758. The Kier molecular flexibility index (Phi) is 4.92. The highest BCUT2D eigenvalue weighted by molar-refractivity contribution is 9.10. The van der Waals surface area contributed by atoms with Gasteiger partial charge in [0.05, 0.1) is 15.7 Å². The molecule has 3 rings (SSSR count). The van der Waals surface area contributed by atoms with Crippen LogP contribution in [0.15, 0.2) is 22.0 Å². The van der Waals surface area contributed by atoms with Crippen LogP contribution in [0.2, 0.25) is 0 Å². The Balaban J connectivity index is 2.02. The number of nitrogens with zero attached hydrogens (tertiary/aromatic N) is 3. The van der Waals surface area contributed by atoms with Gasteiger partial charge in [-0.15, -0.1) is 22.7 Å². The maximum Gasteiger partial charge on any atom is 0.234 e. The lowest BCUT2D eigenvalue weighted by molar-refractivity contribution is 0.745. The van der Waals surface area contributed by atoms with Gasteiger partial charge < -0.3 is 11.1 Å². The molecule has 3 N–H and O–H groups in total. The molecular formula is C15H14BrN5S2. The highest BCUT2D eigenvalue weighted by Crippen LogP contribution is 2.38. The monoisotopic (exact) mass is 407 g/mol. The SMILES string of the molecule is C[C@H](N)Cc1sc2c(NCc3cccs3)nc(C#N)nc2c1Br. The van der Waals surface area contributed by atoms with Crippen LogP contribution in [0.1, 0.15) is 22.5 Å². The normalized spacial score (nSPS) is 12.3. The second-order valence-corrected chi connectivity index (χ2v) is 8.07. The minimum atomic E-state index is 0.0605. The Morgan fingerprint density at radius 2 is 2.30 bits per heavy atom. The van der Waals surface area contributed by atoms with Crippen LogP contribution in [0.5, 0.6) is 0 Å². The molecule has 8 heteroatoms. The van der Waals surface area contributed by atoms with E-state index >= 15 is 0 Å². The average Bonchev–Trinajstić information content (AvgIpc) is 3.14. The van der Waals surface area contributed by atoms with Crippen molar-refractivity contribution in [3.05, 3.63) is 37.6 Å². The van der Waals surface area contributed by atoms with E-state index in [1.807, 2.05) is 24.4 Å². The summed E-state index contributed by atoms with van der Waals surface area (Å²) in [6.45, 7) is 2.64.